The van der Waals surface area contributed by atoms with Crippen LogP contribution in [0.25, 0.3) is 16.7 Å². The van der Waals surface area contributed by atoms with Crippen molar-refractivity contribution in [3.8, 4) is 11.4 Å². The van der Waals surface area contributed by atoms with Crippen molar-refractivity contribution in [2.75, 3.05) is 7.11 Å². The molecule has 0 saturated carbocycles. The largest absolute Gasteiger partial charge is 0.497 e. The quantitative estimate of drug-likeness (QED) is 0.707. The summed E-state index contributed by atoms with van der Waals surface area (Å²) in [6.45, 7) is 0. The number of benzene rings is 2. The highest BCUT2D eigenvalue weighted by atomic mass is 35.5. The van der Waals surface area contributed by atoms with E-state index in [2.05, 4.69) is 4.98 Å². The normalized spacial score (nSPS) is 10.9. The van der Waals surface area contributed by atoms with Crippen molar-refractivity contribution in [2.24, 2.45) is 0 Å². The van der Waals surface area contributed by atoms with Crippen LogP contribution in [0.2, 0.25) is 5.02 Å². The number of aromatic nitrogens is 2. The molecule has 0 amide bonds. The molecule has 0 spiro atoms. The number of nitrogens with one attached hydrogen (secondary N) is 1. The first-order valence-corrected chi connectivity index (χ1v) is 6.62. The molecule has 0 unspecified atom stereocenters. The summed E-state index contributed by atoms with van der Waals surface area (Å²) in [5.74, 6) is 0.286. The fourth-order valence-electron chi connectivity index (χ4n) is 2.13. The van der Waals surface area contributed by atoms with Gasteiger partial charge in [-0.1, -0.05) is 11.6 Å². The minimum absolute atomic E-state index is 0.319. The number of fused-ring (bicyclic) bond motifs is 1. The van der Waals surface area contributed by atoms with Crippen molar-refractivity contribution >= 4 is 34.9 Å². The maximum absolute atomic E-state index is 13.5. The molecule has 0 aliphatic carbocycles. The van der Waals surface area contributed by atoms with E-state index in [0.717, 1.165) is 11.0 Å². The average Bonchev–Trinajstić information content (AvgIpc) is 2.72. The molecule has 0 bridgehead atoms. The summed E-state index contributed by atoms with van der Waals surface area (Å²) in [7, 11) is 1.59. The van der Waals surface area contributed by atoms with Crippen molar-refractivity contribution < 1.29 is 9.13 Å². The number of aromatic amines is 1. The molecule has 1 heterocycles. The number of methoxy groups -OCH3 is 1. The number of hydrogen-bond acceptors (Lipinski definition) is 2. The standard InChI is InChI=1S/C14H10ClFN2OS/c1-19-11-2-3-12-13(7-11)18(14(20)17-12)10-5-8(15)4-9(16)6-10/h2-7H,1H3,(H,17,20). The fourth-order valence-corrected chi connectivity index (χ4v) is 2.66. The van der Waals surface area contributed by atoms with E-state index in [1.54, 1.807) is 17.7 Å². The Morgan fingerprint density at radius 3 is 2.75 bits per heavy atom. The first-order chi connectivity index (χ1) is 9.58. The van der Waals surface area contributed by atoms with Gasteiger partial charge in [0.15, 0.2) is 4.77 Å². The summed E-state index contributed by atoms with van der Waals surface area (Å²) in [6.07, 6.45) is 0. The van der Waals surface area contributed by atoms with Gasteiger partial charge in [0.25, 0.3) is 0 Å². The van der Waals surface area contributed by atoms with Gasteiger partial charge in [0.05, 0.1) is 23.8 Å². The van der Waals surface area contributed by atoms with Gasteiger partial charge in [0.1, 0.15) is 11.6 Å². The van der Waals surface area contributed by atoms with Crippen molar-refractivity contribution in [3.63, 3.8) is 0 Å². The Hall–Kier alpha value is -1.85. The van der Waals surface area contributed by atoms with Gasteiger partial charge in [-0.15, -0.1) is 0 Å². The molecule has 3 nitrogen and oxygen atoms in total. The summed E-state index contributed by atoms with van der Waals surface area (Å²) >= 11 is 11.2. The molecule has 3 rings (SSSR count). The maximum Gasteiger partial charge on any atom is 0.182 e. The zero-order chi connectivity index (χ0) is 14.3. The fraction of sp³-hybridized carbons (Fsp3) is 0.0714. The highest BCUT2D eigenvalue weighted by Gasteiger charge is 2.09. The smallest absolute Gasteiger partial charge is 0.182 e. The first kappa shape index (κ1) is 13.1. The Morgan fingerprint density at radius 2 is 2.05 bits per heavy atom. The molecular formula is C14H10ClFN2OS. The number of rotatable bonds is 2. The summed E-state index contributed by atoms with van der Waals surface area (Å²) in [5.41, 5.74) is 2.21. The van der Waals surface area contributed by atoms with Crippen LogP contribution in [-0.4, -0.2) is 16.7 Å². The lowest BCUT2D eigenvalue weighted by Gasteiger charge is -2.06. The minimum atomic E-state index is -0.411. The lowest BCUT2D eigenvalue weighted by Crippen LogP contribution is -1.95. The van der Waals surface area contributed by atoms with E-state index in [9.17, 15) is 4.39 Å². The van der Waals surface area contributed by atoms with E-state index in [0.29, 0.717) is 21.2 Å². The molecule has 0 fully saturated rings. The zero-order valence-corrected chi connectivity index (χ0v) is 12.1. The number of nitrogens with zero attached hydrogens (tertiary/aromatic N) is 1. The molecule has 6 heteroatoms. The van der Waals surface area contributed by atoms with E-state index in [4.69, 9.17) is 28.6 Å². The van der Waals surface area contributed by atoms with Crippen molar-refractivity contribution in [2.45, 2.75) is 0 Å². The third kappa shape index (κ3) is 2.19. The molecule has 1 aromatic heterocycles. The zero-order valence-electron chi connectivity index (χ0n) is 10.5. The predicted molar refractivity (Wildman–Crippen MR) is 80.0 cm³/mol. The number of ether oxygens (including phenoxy) is 1. The lowest BCUT2D eigenvalue weighted by molar-refractivity contribution is 0.415. The van der Waals surface area contributed by atoms with Gasteiger partial charge >= 0.3 is 0 Å². The third-order valence-electron chi connectivity index (χ3n) is 3.00. The molecule has 0 aliphatic heterocycles. The molecule has 0 radical (unpaired) electrons. The Bertz CT molecular complexity index is 836. The van der Waals surface area contributed by atoms with E-state index in [-0.39, 0.29) is 0 Å². The molecular weight excluding hydrogens is 299 g/mol. The van der Waals surface area contributed by atoms with Crippen LogP contribution in [-0.2, 0) is 0 Å². The lowest BCUT2D eigenvalue weighted by atomic mass is 10.2. The minimum Gasteiger partial charge on any atom is -0.497 e. The molecule has 20 heavy (non-hydrogen) atoms. The summed E-state index contributed by atoms with van der Waals surface area (Å²) in [6, 6.07) is 9.82. The van der Waals surface area contributed by atoms with E-state index >= 15 is 0 Å². The number of hydrogen-bond donors (Lipinski definition) is 1. The molecule has 0 aliphatic rings. The van der Waals surface area contributed by atoms with Crippen LogP contribution in [0.3, 0.4) is 0 Å². The molecule has 1 N–H and O–H groups in total. The van der Waals surface area contributed by atoms with Crippen LogP contribution in [0.5, 0.6) is 5.75 Å². The topological polar surface area (TPSA) is 29.9 Å². The summed E-state index contributed by atoms with van der Waals surface area (Å²) in [5, 5.41) is 0.319. The average molecular weight is 309 g/mol. The van der Waals surface area contributed by atoms with Crippen LogP contribution in [0.4, 0.5) is 4.39 Å². The van der Waals surface area contributed by atoms with Crippen LogP contribution in [0, 0.1) is 10.6 Å². The maximum atomic E-state index is 13.5. The Kier molecular flexibility index (Phi) is 3.23. The third-order valence-corrected chi connectivity index (χ3v) is 3.50. The predicted octanol–water partition coefficient (Wildman–Crippen LogP) is 4.49. The van der Waals surface area contributed by atoms with Gasteiger partial charge in [-0.25, -0.2) is 4.39 Å². The van der Waals surface area contributed by atoms with Crippen LogP contribution < -0.4 is 4.74 Å². The van der Waals surface area contributed by atoms with Gasteiger partial charge in [-0.05, 0) is 42.5 Å². The Labute approximate surface area is 124 Å². The molecule has 0 saturated heterocycles. The second-order valence-corrected chi connectivity index (χ2v) is 5.10. The number of H-pyrrole nitrogens is 1. The van der Waals surface area contributed by atoms with Crippen molar-refractivity contribution in [1.29, 1.82) is 0 Å². The number of imidazole rings is 1. The van der Waals surface area contributed by atoms with Crippen LogP contribution in [0.15, 0.2) is 36.4 Å². The van der Waals surface area contributed by atoms with Gasteiger partial charge in [-0.2, -0.15) is 0 Å². The van der Waals surface area contributed by atoms with Gasteiger partial charge in [0.2, 0.25) is 0 Å². The molecule has 2 aromatic carbocycles. The summed E-state index contributed by atoms with van der Waals surface area (Å²) < 4.78 is 20.9. The van der Waals surface area contributed by atoms with Gasteiger partial charge in [-0.3, -0.25) is 4.57 Å². The second kappa shape index (κ2) is 4.92. The SMILES string of the molecule is COc1ccc2[nH]c(=S)n(-c3cc(F)cc(Cl)c3)c2c1. The second-order valence-electron chi connectivity index (χ2n) is 4.28. The van der Waals surface area contributed by atoms with E-state index in [1.807, 2.05) is 18.2 Å². The summed E-state index contributed by atoms with van der Waals surface area (Å²) in [4.78, 5) is 3.07. The Morgan fingerprint density at radius 1 is 1.25 bits per heavy atom. The molecule has 0 atom stereocenters. The van der Waals surface area contributed by atoms with E-state index < -0.39 is 5.82 Å². The van der Waals surface area contributed by atoms with Gasteiger partial charge in [0, 0.05) is 11.1 Å². The highest BCUT2D eigenvalue weighted by Crippen LogP contribution is 2.26. The Balaban J connectivity index is 2.34. The first-order valence-electron chi connectivity index (χ1n) is 5.84. The van der Waals surface area contributed by atoms with Crippen LogP contribution >= 0.6 is 23.8 Å². The van der Waals surface area contributed by atoms with Crippen molar-refractivity contribution in [1.82, 2.24) is 9.55 Å². The highest BCUT2D eigenvalue weighted by molar-refractivity contribution is 7.71. The molecule has 102 valence electrons. The van der Waals surface area contributed by atoms with Gasteiger partial charge < -0.3 is 9.72 Å². The van der Waals surface area contributed by atoms with Crippen molar-refractivity contribution in [3.05, 3.63) is 52.0 Å². The molecule has 3 aromatic rings. The van der Waals surface area contributed by atoms with Crippen LogP contribution in [0.1, 0.15) is 0 Å². The number of halogens is 2. The monoisotopic (exact) mass is 308 g/mol. The van der Waals surface area contributed by atoms with E-state index in [1.165, 1.54) is 12.1 Å².